The van der Waals surface area contributed by atoms with E-state index in [9.17, 15) is 76.2 Å². The van der Waals surface area contributed by atoms with Gasteiger partial charge >= 0.3 is 197 Å². The first-order valence-corrected chi connectivity index (χ1v) is 16.9. The van der Waals surface area contributed by atoms with Gasteiger partial charge in [-0.25, -0.2) is 56.6 Å². The summed E-state index contributed by atoms with van der Waals surface area (Å²) in [5.74, 6) is -12.5. The Bertz CT molecular complexity index is 1330. The van der Waals surface area contributed by atoms with Crippen LogP contribution in [0.3, 0.4) is 0 Å². The molecule has 0 amide bonds. The van der Waals surface area contributed by atoms with Gasteiger partial charge in [0.15, 0.2) is 0 Å². The third-order valence-electron chi connectivity index (χ3n) is 4.74. The Kier molecular flexibility index (Phi) is 22.9. The fourth-order valence-corrected chi connectivity index (χ4v) is 5.13. The van der Waals surface area contributed by atoms with Gasteiger partial charge in [-0.05, 0) is 27.7 Å². The third kappa shape index (κ3) is 15.7. The van der Waals surface area contributed by atoms with Crippen LogP contribution < -0.4 is 138 Å². The van der Waals surface area contributed by atoms with E-state index < -0.39 is 101 Å². The van der Waals surface area contributed by atoms with Crippen LogP contribution in [0.5, 0.6) is 0 Å². The van der Waals surface area contributed by atoms with E-state index in [1.54, 1.807) is 0 Å². The van der Waals surface area contributed by atoms with Crippen molar-refractivity contribution in [3.8, 4) is 0 Å². The third-order valence-corrected chi connectivity index (χ3v) is 7.85. The zero-order chi connectivity index (χ0) is 38.3. The van der Waals surface area contributed by atoms with E-state index in [1.165, 1.54) is 0 Å². The van der Waals surface area contributed by atoms with Gasteiger partial charge in [0.25, 0.3) is 22.4 Å². The fraction of sp³-hybridized carbons (Fsp3) is 0.500. The SMILES string of the molecule is CC1(O)C(=O)OP(=O)([O-])OC1=O.CC1(O)C(=O)OP(=O)([O-])OC1=O.CC1(O)C(=O)OP(=O)([O-])OC1=O.CC1(O)C(=O)OP(=O)([O-])OC1=O.[Na+].[Na+].[Na+].[Na+]. The van der Waals surface area contributed by atoms with Gasteiger partial charge in [0.05, 0.1) is 0 Å². The minimum atomic E-state index is -4.89. The maximum Gasteiger partial charge on any atom is 1.00 e. The fourth-order valence-electron chi connectivity index (χ4n) is 1.93. The van der Waals surface area contributed by atoms with E-state index in [-0.39, 0.29) is 118 Å². The summed E-state index contributed by atoms with van der Waals surface area (Å²) in [5, 5.41) is 35.7. The predicted octanol–water partition coefficient (Wildman–Crippen LogP) is -18.8. The van der Waals surface area contributed by atoms with E-state index in [0.29, 0.717) is 0 Å². The standard InChI is InChI=1S/4C4H5O7P.4Na/c4*1-4(7)2(5)10-12(8,9)11-3(4)6;;;;/h4*7H,1H3,(H,8,9);;;;/q;;;;4*+1/p-4. The summed E-state index contributed by atoms with van der Waals surface area (Å²) in [7, 11) is -19.6. The Labute approximate surface area is 376 Å². The Morgan fingerprint density at radius 1 is 0.346 bits per heavy atom. The van der Waals surface area contributed by atoms with Crippen LogP contribution in [-0.2, 0) is 92.8 Å². The summed E-state index contributed by atoms with van der Waals surface area (Å²) in [6, 6.07) is 0. The minimum absolute atomic E-state index is 0. The van der Waals surface area contributed by atoms with Crippen molar-refractivity contribution >= 4 is 79.0 Å². The van der Waals surface area contributed by atoms with Crippen molar-refractivity contribution < 1.29 is 251 Å². The normalized spacial score (nSPS) is 38.7. The van der Waals surface area contributed by atoms with Crippen molar-refractivity contribution in [2.75, 3.05) is 0 Å². The van der Waals surface area contributed by atoms with Gasteiger partial charge in [-0.15, -0.1) is 0 Å². The zero-order valence-corrected chi connectivity index (χ0v) is 39.0. The number of rotatable bonds is 0. The van der Waals surface area contributed by atoms with Crippen molar-refractivity contribution in [2.24, 2.45) is 0 Å². The molecule has 0 aromatic carbocycles. The predicted molar refractivity (Wildman–Crippen MR) is 122 cm³/mol. The van der Waals surface area contributed by atoms with E-state index in [2.05, 4.69) is 36.2 Å². The van der Waals surface area contributed by atoms with Crippen molar-refractivity contribution in [1.82, 2.24) is 0 Å². The Morgan fingerprint density at radius 2 is 0.423 bits per heavy atom. The second kappa shape index (κ2) is 20.2. The summed E-state index contributed by atoms with van der Waals surface area (Å²) in [6.07, 6.45) is 0. The smallest absolute Gasteiger partial charge is 0.736 e. The molecule has 4 N–H and O–H groups in total. The van der Waals surface area contributed by atoms with Crippen molar-refractivity contribution in [3.05, 3.63) is 0 Å². The molecular formula is C16H16Na4O28P4. The van der Waals surface area contributed by atoms with Gasteiger partial charge in [-0.1, -0.05) is 0 Å². The Morgan fingerprint density at radius 3 is 0.500 bits per heavy atom. The molecule has 0 spiro atoms. The largest absolute Gasteiger partial charge is 1.00 e. The van der Waals surface area contributed by atoms with Crippen molar-refractivity contribution in [2.45, 2.75) is 50.1 Å². The number of hydrogen-bond donors (Lipinski definition) is 4. The van der Waals surface area contributed by atoms with Crippen molar-refractivity contribution in [3.63, 3.8) is 0 Å². The monoisotopic (exact) mass is 872 g/mol. The molecule has 0 aromatic rings. The molecule has 28 nitrogen and oxygen atoms in total. The minimum Gasteiger partial charge on any atom is -0.736 e. The molecule has 272 valence electrons. The first-order chi connectivity index (χ1) is 21.0. The summed E-state index contributed by atoms with van der Waals surface area (Å²) in [6.45, 7) is 3.10. The summed E-state index contributed by atoms with van der Waals surface area (Å²) < 4.78 is 70.6. The molecule has 4 heterocycles. The second-order valence-electron chi connectivity index (χ2n) is 9.11. The van der Waals surface area contributed by atoms with Gasteiger partial charge < -0.3 is 76.2 Å². The molecule has 4 aliphatic heterocycles. The molecule has 0 unspecified atom stereocenters. The first kappa shape index (κ1) is 59.1. The molecule has 0 radical (unpaired) electrons. The van der Waals surface area contributed by atoms with Gasteiger partial charge in [0.1, 0.15) is 0 Å². The molecule has 36 heteroatoms. The van der Waals surface area contributed by atoms with Crippen LogP contribution in [0.2, 0.25) is 0 Å². The number of phosphoric ester groups is 4. The Hall–Kier alpha value is 0.360. The molecule has 0 saturated carbocycles. The molecule has 4 saturated heterocycles. The van der Waals surface area contributed by atoms with Crippen LogP contribution in [0.1, 0.15) is 27.7 Å². The maximum atomic E-state index is 10.6. The maximum absolute atomic E-state index is 10.6. The Balaban J connectivity index is -0.000000288. The van der Waals surface area contributed by atoms with E-state index in [0.717, 1.165) is 27.7 Å². The molecule has 0 aromatic heterocycles. The number of aliphatic hydroxyl groups is 4. The average molecular weight is 872 g/mol. The number of carbonyl (C=O) groups excluding carboxylic acids is 8. The molecule has 4 fully saturated rings. The summed E-state index contributed by atoms with van der Waals surface area (Å²) in [4.78, 5) is 126. The van der Waals surface area contributed by atoms with E-state index >= 15 is 0 Å². The molecular weight excluding hydrogens is 856 g/mol. The first-order valence-electron chi connectivity index (χ1n) is 11.1. The number of phosphoric acid groups is 4. The van der Waals surface area contributed by atoms with Crippen LogP contribution in [0.25, 0.3) is 0 Å². The van der Waals surface area contributed by atoms with Crippen LogP contribution in [0.15, 0.2) is 0 Å². The molecule has 0 aliphatic carbocycles. The zero-order valence-electron chi connectivity index (χ0n) is 27.4. The number of hydrogen-bond acceptors (Lipinski definition) is 28. The van der Waals surface area contributed by atoms with Crippen LogP contribution in [-0.4, -0.2) is 90.6 Å². The summed E-state index contributed by atoms with van der Waals surface area (Å²) >= 11 is 0. The molecule has 0 atom stereocenters. The van der Waals surface area contributed by atoms with E-state index in [4.69, 9.17) is 20.4 Å². The quantitative estimate of drug-likeness (QED) is 0.0997. The van der Waals surface area contributed by atoms with Crippen molar-refractivity contribution in [1.29, 1.82) is 0 Å². The summed E-state index contributed by atoms with van der Waals surface area (Å²) in [5.41, 5.74) is -10.2. The second-order valence-corrected chi connectivity index (χ2v) is 14.1. The van der Waals surface area contributed by atoms with Crippen LogP contribution in [0.4, 0.5) is 0 Å². The van der Waals surface area contributed by atoms with Gasteiger partial charge in [0, 0.05) is 0 Å². The number of carbonyl (C=O) groups is 8. The van der Waals surface area contributed by atoms with Gasteiger partial charge in [0.2, 0.25) is 0 Å². The molecule has 4 aliphatic rings. The van der Waals surface area contributed by atoms with Gasteiger partial charge in [-0.2, -0.15) is 0 Å². The van der Waals surface area contributed by atoms with E-state index in [1.807, 2.05) is 0 Å². The van der Waals surface area contributed by atoms with Crippen LogP contribution >= 0.6 is 31.3 Å². The molecule has 52 heavy (non-hydrogen) atoms. The molecule has 4 rings (SSSR count). The van der Waals surface area contributed by atoms with Crippen LogP contribution in [0, 0.1) is 0 Å². The van der Waals surface area contributed by atoms with Gasteiger partial charge in [-0.3, -0.25) is 0 Å². The average Bonchev–Trinajstić information content (AvgIpc) is 2.84. The topological polar surface area (TPSA) is 452 Å². The molecule has 0 bridgehead atoms.